The number of nitrogens with zero attached hydrogens (tertiary/aromatic N) is 2. The third-order valence-corrected chi connectivity index (χ3v) is 4.24. The van der Waals surface area contributed by atoms with Gasteiger partial charge in [0.05, 0.1) is 18.2 Å². The second-order valence-electron chi connectivity index (χ2n) is 5.96. The van der Waals surface area contributed by atoms with Crippen molar-refractivity contribution in [2.75, 3.05) is 18.1 Å². The van der Waals surface area contributed by atoms with Crippen molar-refractivity contribution >= 4 is 28.3 Å². The molecule has 3 rings (SSSR count). The number of carbonyl (C=O) groups is 2. The highest BCUT2D eigenvalue weighted by Crippen LogP contribution is 2.43. The standard InChI is InChI=1S/C18H13F3N2O3/c1-10(24)26-9-13-8-23(17(25)18(19,20)21)15-5-3-12-6-11(7-22)2-4-14(12)16(13)15/h2-6,13H,8-9H2,1H3. The second kappa shape index (κ2) is 6.33. The summed E-state index contributed by atoms with van der Waals surface area (Å²) in [5, 5.41) is 10.3. The van der Waals surface area contributed by atoms with Crippen LogP contribution in [0.5, 0.6) is 0 Å². The molecule has 1 amide bonds. The van der Waals surface area contributed by atoms with Gasteiger partial charge in [-0.25, -0.2) is 0 Å². The minimum absolute atomic E-state index is 0.136. The van der Waals surface area contributed by atoms with Crippen molar-refractivity contribution in [1.29, 1.82) is 5.26 Å². The van der Waals surface area contributed by atoms with E-state index in [2.05, 4.69) is 0 Å². The molecule has 5 nitrogen and oxygen atoms in total. The van der Waals surface area contributed by atoms with Crippen molar-refractivity contribution in [2.45, 2.75) is 19.0 Å². The molecule has 0 radical (unpaired) electrons. The Balaban J connectivity index is 2.13. The van der Waals surface area contributed by atoms with Crippen molar-refractivity contribution in [1.82, 2.24) is 0 Å². The predicted molar refractivity (Wildman–Crippen MR) is 86.4 cm³/mol. The zero-order valence-corrected chi connectivity index (χ0v) is 13.6. The highest BCUT2D eigenvalue weighted by molar-refractivity contribution is 6.03. The van der Waals surface area contributed by atoms with Crippen LogP contribution in [0.4, 0.5) is 18.9 Å². The van der Waals surface area contributed by atoms with Crippen LogP contribution in [-0.2, 0) is 14.3 Å². The van der Waals surface area contributed by atoms with Crippen LogP contribution in [0.1, 0.15) is 24.0 Å². The molecule has 0 aliphatic carbocycles. The van der Waals surface area contributed by atoms with Gasteiger partial charge in [0.25, 0.3) is 0 Å². The van der Waals surface area contributed by atoms with Gasteiger partial charge >= 0.3 is 18.1 Å². The molecule has 0 saturated heterocycles. The van der Waals surface area contributed by atoms with Crippen LogP contribution in [0.25, 0.3) is 10.8 Å². The summed E-state index contributed by atoms with van der Waals surface area (Å²) in [4.78, 5) is 23.6. The summed E-state index contributed by atoms with van der Waals surface area (Å²) in [6, 6.07) is 9.81. The minimum Gasteiger partial charge on any atom is -0.465 e. The van der Waals surface area contributed by atoms with Crippen molar-refractivity contribution < 1.29 is 27.5 Å². The number of ether oxygens (including phenoxy) is 1. The van der Waals surface area contributed by atoms with Gasteiger partial charge in [-0.3, -0.25) is 9.59 Å². The van der Waals surface area contributed by atoms with E-state index in [0.29, 0.717) is 26.8 Å². The lowest BCUT2D eigenvalue weighted by atomic mass is 9.94. The highest BCUT2D eigenvalue weighted by atomic mass is 19.4. The smallest absolute Gasteiger partial charge is 0.465 e. The van der Waals surface area contributed by atoms with Gasteiger partial charge in [0.15, 0.2) is 0 Å². The molecule has 134 valence electrons. The SMILES string of the molecule is CC(=O)OCC1CN(C(=O)C(F)(F)F)c2ccc3cc(C#N)ccc3c21. The van der Waals surface area contributed by atoms with E-state index in [1.54, 1.807) is 24.3 Å². The molecule has 0 N–H and O–H groups in total. The van der Waals surface area contributed by atoms with Crippen LogP contribution >= 0.6 is 0 Å². The molecule has 1 unspecified atom stereocenters. The molecular formula is C18H13F3N2O3. The highest BCUT2D eigenvalue weighted by Gasteiger charge is 2.47. The lowest BCUT2D eigenvalue weighted by Gasteiger charge is -2.19. The first-order chi connectivity index (χ1) is 12.2. The first-order valence-electron chi connectivity index (χ1n) is 7.71. The van der Waals surface area contributed by atoms with Crippen LogP contribution < -0.4 is 4.90 Å². The summed E-state index contributed by atoms with van der Waals surface area (Å²) in [6.07, 6.45) is -5.01. The van der Waals surface area contributed by atoms with E-state index < -0.39 is 24.0 Å². The van der Waals surface area contributed by atoms with E-state index in [9.17, 15) is 22.8 Å². The van der Waals surface area contributed by atoms with Gasteiger partial charge < -0.3 is 9.64 Å². The fraction of sp³-hybridized carbons (Fsp3) is 0.278. The average molecular weight is 362 g/mol. The van der Waals surface area contributed by atoms with Gasteiger partial charge in [0.2, 0.25) is 0 Å². The van der Waals surface area contributed by atoms with E-state index >= 15 is 0 Å². The molecule has 26 heavy (non-hydrogen) atoms. The molecule has 0 saturated carbocycles. The molecule has 1 atom stereocenters. The van der Waals surface area contributed by atoms with Crippen LogP contribution in [0, 0.1) is 11.3 Å². The third-order valence-electron chi connectivity index (χ3n) is 4.24. The Morgan fingerprint density at radius 3 is 2.65 bits per heavy atom. The fourth-order valence-corrected chi connectivity index (χ4v) is 3.19. The molecule has 2 aromatic carbocycles. The Labute approximate surface area is 146 Å². The maximum absolute atomic E-state index is 12.9. The van der Waals surface area contributed by atoms with Crippen LogP contribution in [0.3, 0.4) is 0 Å². The van der Waals surface area contributed by atoms with Crippen molar-refractivity contribution in [2.24, 2.45) is 0 Å². The molecule has 0 bridgehead atoms. The summed E-state index contributed by atoms with van der Waals surface area (Å²) in [5.74, 6) is -3.10. The predicted octanol–water partition coefficient (Wildman–Crippen LogP) is 3.27. The lowest BCUT2D eigenvalue weighted by Crippen LogP contribution is -2.40. The summed E-state index contributed by atoms with van der Waals surface area (Å²) in [7, 11) is 0. The van der Waals surface area contributed by atoms with Gasteiger partial charge in [-0.15, -0.1) is 0 Å². The zero-order chi connectivity index (χ0) is 19.1. The first-order valence-corrected chi connectivity index (χ1v) is 7.71. The Morgan fingerprint density at radius 1 is 1.31 bits per heavy atom. The van der Waals surface area contributed by atoms with Gasteiger partial charge in [-0.2, -0.15) is 18.4 Å². The quantitative estimate of drug-likeness (QED) is 0.769. The Morgan fingerprint density at radius 2 is 2.04 bits per heavy atom. The van der Waals surface area contributed by atoms with E-state index in [1.807, 2.05) is 6.07 Å². The molecular weight excluding hydrogens is 349 g/mol. The van der Waals surface area contributed by atoms with Crippen molar-refractivity contribution in [3.05, 3.63) is 41.5 Å². The largest absolute Gasteiger partial charge is 0.471 e. The molecule has 0 aromatic heterocycles. The topological polar surface area (TPSA) is 70.4 Å². The zero-order valence-electron chi connectivity index (χ0n) is 13.6. The monoisotopic (exact) mass is 362 g/mol. The van der Waals surface area contributed by atoms with Crippen LogP contribution in [0.15, 0.2) is 30.3 Å². The number of hydrogen-bond acceptors (Lipinski definition) is 4. The summed E-state index contributed by atoms with van der Waals surface area (Å²) in [6.45, 7) is 0.833. The van der Waals surface area contributed by atoms with E-state index in [-0.39, 0.29) is 18.8 Å². The van der Waals surface area contributed by atoms with Gasteiger partial charge in [-0.1, -0.05) is 12.1 Å². The molecule has 1 aliphatic rings. The maximum Gasteiger partial charge on any atom is 0.471 e. The number of carbonyl (C=O) groups excluding carboxylic acids is 2. The van der Waals surface area contributed by atoms with E-state index in [4.69, 9.17) is 10.00 Å². The number of fused-ring (bicyclic) bond motifs is 3. The summed E-state index contributed by atoms with van der Waals surface area (Å²) < 4.78 is 43.8. The van der Waals surface area contributed by atoms with Crippen LogP contribution in [-0.4, -0.2) is 31.2 Å². The number of esters is 1. The summed E-state index contributed by atoms with van der Waals surface area (Å²) >= 11 is 0. The number of benzene rings is 2. The fourth-order valence-electron chi connectivity index (χ4n) is 3.19. The molecule has 8 heteroatoms. The van der Waals surface area contributed by atoms with E-state index in [0.717, 1.165) is 0 Å². The Kier molecular flexibility index (Phi) is 4.32. The average Bonchev–Trinajstić information content (AvgIpc) is 2.96. The number of anilines is 1. The molecule has 1 heterocycles. The third kappa shape index (κ3) is 3.08. The van der Waals surface area contributed by atoms with E-state index in [1.165, 1.54) is 13.0 Å². The second-order valence-corrected chi connectivity index (χ2v) is 5.96. The number of nitriles is 1. The normalized spacial score (nSPS) is 16.3. The lowest BCUT2D eigenvalue weighted by molar-refractivity contribution is -0.170. The van der Waals surface area contributed by atoms with Gasteiger partial charge in [0.1, 0.15) is 0 Å². The Bertz CT molecular complexity index is 947. The number of rotatable bonds is 2. The van der Waals surface area contributed by atoms with Gasteiger partial charge in [0, 0.05) is 25.1 Å². The molecule has 0 fully saturated rings. The number of alkyl halides is 3. The van der Waals surface area contributed by atoms with Crippen molar-refractivity contribution in [3.63, 3.8) is 0 Å². The number of hydrogen-bond donors (Lipinski definition) is 0. The first kappa shape index (κ1) is 17.7. The molecule has 1 aliphatic heterocycles. The number of amides is 1. The Hall–Kier alpha value is -3.08. The van der Waals surface area contributed by atoms with Crippen LogP contribution in [0.2, 0.25) is 0 Å². The maximum atomic E-state index is 12.9. The molecule has 2 aromatic rings. The van der Waals surface area contributed by atoms with Gasteiger partial charge in [-0.05, 0) is 34.5 Å². The summed E-state index contributed by atoms with van der Waals surface area (Å²) in [5.41, 5.74) is 1.06. The number of halogens is 3. The minimum atomic E-state index is -5.01. The molecule has 0 spiro atoms. The van der Waals surface area contributed by atoms with Crippen molar-refractivity contribution in [3.8, 4) is 6.07 Å².